The lowest BCUT2D eigenvalue weighted by Gasteiger charge is -2.40. The number of para-hydroxylation sites is 2. The second-order valence-electron chi connectivity index (χ2n) is 6.31. The number of carbonyl (C=O) groups excluding carboxylic acids is 2. The largest absolute Gasteiger partial charge is 0.477 e. The number of carbonyl (C=O) groups is 2. The maximum atomic E-state index is 12.8. The molecule has 1 atom stereocenters. The van der Waals surface area contributed by atoms with Crippen LogP contribution >= 0.6 is 0 Å². The maximum absolute atomic E-state index is 12.8. The van der Waals surface area contributed by atoms with Gasteiger partial charge >= 0.3 is 0 Å². The van der Waals surface area contributed by atoms with Crippen LogP contribution in [-0.4, -0.2) is 58.8 Å². The molecule has 4 rings (SSSR count). The molecule has 1 aromatic carbocycles. The van der Waals surface area contributed by atoms with Crippen LogP contribution in [0.25, 0.3) is 0 Å². The summed E-state index contributed by atoms with van der Waals surface area (Å²) in [5.74, 6) is -0.139. The van der Waals surface area contributed by atoms with Crippen LogP contribution in [0.1, 0.15) is 6.04 Å². The Morgan fingerprint density at radius 2 is 2.00 bits per heavy atom. The number of benzene rings is 1. The number of aromatic nitrogens is 2. The van der Waals surface area contributed by atoms with Crippen molar-refractivity contribution in [2.24, 2.45) is 5.73 Å². The van der Waals surface area contributed by atoms with Crippen LogP contribution in [0.15, 0.2) is 42.7 Å². The molecule has 1 fully saturated rings. The number of likely N-dealkylation sites (tertiary alicyclic amines) is 1. The Kier molecular flexibility index (Phi) is 3.89. The first-order chi connectivity index (χ1) is 12.1. The lowest BCUT2D eigenvalue weighted by atomic mass is 10.1. The van der Waals surface area contributed by atoms with Crippen molar-refractivity contribution >= 4 is 17.5 Å². The molecule has 2 N–H and O–H groups in total. The van der Waals surface area contributed by atoms with E-state index in [0.717, 1.165) is 13.1 Å². The molecule has 2 amide bonds. The van der Waals surface area contributed by atoms with Gasteiger partial charge < -0.3 is 15.4 Å². The van der Waals surface area contributed by atoms with Gasteiger partial charge in [0.2, 0.25) is 5.91 Å². The van der Waals surface area contributed by atoms with E-state index in [0.29, 0.717) is 17.5 Å². The molecular formula is C17H19N5O3. The number of nitrogens with zero attached hydrogens (tertiary/aromatic N) is 4. The number of rotatable bonds is 4. The van der Waals surface area contributed by atoms with Crippen LogP contribution < -0.4 is 15.4 Å². The lowest BCUT2D eigenvalue weighted by Crippen LogP contribution is -2.55. The van der Waals surface area contributed by atoms with E-state index in [1.54, 1.807) is 23.2 Å². The van der Waals surface area contributed by atoms with Crippen LogP contribution in [-0.2, 0) is 9.59 Å². The van der Waals surface area contributed by atoms with Crippen LogP contribution in [0, 0.1) is 0 Å². The predicted octanol–water partition coefficient (Wildman–Crippen LogP) is 0.0193. The zero-order chi connectivity index (χ0) is 17.4. The summed E-state index contributed by atoms with van der Waals surface area (Å²) in [5, 5.41) is 4.23. The Bertz CT molecular complexity index is 785. The molecule has 130 valence electrons. The first-order valence-electron chi connectivity index (χ1n) is 8.18. The van der Waals surface area contributed by atoms with Crippen molar-refractivity contribution in [3.63, 3.8) is 0 Å². The van der Waals surface area contributed by atoms with Gasteiger partial charge in [-0.3, -0.25) is 19.2 Å². The Hall–Kier alpha value is -2.87. The molecule has 0 spiro atoms. The monoisotopic (exact) mass is 341 g/mol. The SMILES string of the molecule is NC(=O)C1CN(C(=O)CN2CC(n3cccn3)C2)c2ccccc2O1. The Balaban J connectivity index is 1.44. The van der Waals surface area contributed by atoms with E-state index in [4.69, 9.17) is 10.5 Å². The number of hydrogen-bond donors (Lipinski definition) is 1. The summed E-state index contributed by atoms with van der Waals surface area (Å²) in [6.45, 7) is 1.98. The van der Waals surface area contributed by atoms with Gasteiger partial charge in [0, 0.05) is 25.5 Å². The van der Waals surface area contributed by atoms with Crippen molar-refractivity contribution in [1.82, 2.24) is 14.7 Å². The molecule has 1 unspecified atom stereocenters. The number of hydrogen-bond acceptors (Lipinski definition) is 5. The quantitative estimate of drug-likeness (QED) is 0.846. The van der Waals surface area contributed by atoms with E-state index in [-0.39, 0.29) is 19.0 Å². The first kappa shape index (κ1) is 15.6. The summed E-state index contributed by atoms with van der Waals surface area (Å²) in [5.41, 5.74) is 6.05. The molecule has 0 aliphatic carbocycles. The van der Waals surface area contributed by atoms with Crippen LogP contribution in [0.4, 0.5) is 5.69 Å². The Labute approximate surface area is 144 Å². The second kappa shape index (κ2) is 6.21. The lowest BCUT2D eigenvalue weighted by molar-refractivity contribution is -0.125. The zero-order valence-electron chi connectivity index (χ0n) is 13.6. The fourth-order valence-corrected chi connectivity index (χ4v) is 3.23. The van der Waals surface area contributed by atoms with Gasteiger partial charge in [-0.25, -0.2) is 0 Å². The number of fused-ring (bicyclic) bond motifs is 1. The van der Waals surface area contributed by atoms with E-state index in [1.165, 1.54) is 0 Å². The average molecular weight is 341 g/mol. The van der Waals surface area contributed by atoms with E-state index >= 15 is 0 Å². The smallest absolute Gasteiger partial charge is 0.260 e. The van der Waals surface area contributed by atoms with Gasteiger partial charge in [0.15, 0.2) is 6.10 Å². The molecule has 0 radical (unpaired) electrons. The van der Waals surface area contributed by atoms with Gasteiger partial charge in [0.1, 0.15) is 5.75 Å². The maximum Gasteiger partial charge on any atom is 0.260 e. The summed E-state index contributed by atoms with van der Waals surface area (Å²) in [4.78, 5) is 28.0. The highest BCUT2D eigenvalue weighted by molar-refractivity contribution is 5.98. The number of ether oxygens (including phenoxy) is 1. The van der Waals surface area contributed by atoms with E-state index in [2.05, 4.69) is 10.00 Å². The molecule has 1 aromatic heterocycles. The standard InChI is InChI=1S/C17H19N5O3/c18-17(24)15-10-21(13-4-1-2-5-14(13)25-15)16(23)11-20-8-12(9-20)22-7-3-6-19-22/h1-7,12,15H,8-11H2,(H2,18,24). The van der Waals surface area contributed by atoms with Crippen molar-refractivity contribution in [3.05, 3.63) is 42.7 Å². The molecule has 2 aliphatic heterocycles. The number of nitrogens with two attached hydrogens (primary N) is 1. The minimum absolute atomic E-state index is 0.0686. The van der Waals surface area contributed by atoms with Gasteiger partial charge in [-0.2, -0.15) is 5.10 Å². The normalized spacial score (nSPS) is 20.5. The fourth-order valence-electron chi connectivity index (χ4n) is 3.23. The van der Waals surface area contributed by atoms with Gasteiger partial charge in [0.05, 0.1) is 24.8 Å². The summed E-state index contributed by atoms with van der Waals surface area (Å²) in [6.07, 6.45) is 2.86. The average Bonchev–Trinajstić information content (AvgIpc) is 3.10. The topological polar surface area (TPSA) is 93.7 Å². The molecule has 8 nitrogen and oxygen atoms in total. The van der Waals surface area contributed by atoms with Crippen LogP contribution in [0.2, 0.25) is 0 Å². The summed E-state index contributed by atoms with van der Waals surface area (Å²) >= 11 is 0. The molecule has 8 heteroatoms. The Morgan fingerprint density at radius 3 is 2.72 bits per heavy atom. The van der Waals surface area contributed by atoms with E-state index in [9.17, 15) is 9.59 Å². The summed E-state index contributed by atoms with van der Waals surface area (Å²) in [7, 11) is 0. The molecule has 2 aromatic rings. The molecule has 2 aliphatic rings. The van der Waals surface area contributed by atoms with Gasteiger partial charge in [-0.05, 0) is 18.2 Å². The third-order valence-corrected chi connectivity index (χ3v) is 4.59. The third kappa shape index (κ3) is 2.96. The van der Waals surface area contributed by atoms with Crippen molar-refractivity contribution in [1.29, 1.82) is 0 Å². The molecular weight excluding hydrogens is 322 g/mol. The predicted molar refractivity (Wildman–Crippen MR) is 90.1 cm³/mol. The molecule has 0 bridgehead atoms. The Morgan fingerprint density at radius 1 is 1.20 bits per heavy atom. The molecule has 25 heavy (non-hydrogen) atoms. The van der Waals surface area contributed by atoms with Crippen LogP contribution in [0.3, 0.4) is 0 Å². The van der Waals surface area contributed by atoms with Gasteiger partial charge in [0.25, 0.3) is 5.91 Å². The molecule has 0 saturated carbocycles. The van der Waals surface area contributed by atoms with Gasteiger partial charge in [-0.15, -0.1) is 0 Å². The zero-order valence-corrected chi connectivity index (χ0v) is 13.6. The van der Waals surface area contributed by atoms with E-state index < -0.39 is 12.0 Å². The number of amides is 2. The highest BCUT2D eigenvalue weighted by Gasteiger charge is 2.35. The van der Waals surface area contributed by atoms with Crippen molar-refractivity contribution in [3.8, 4) is 5.75 Å². The van der Waals surface area contributed by atoms with Gasteiger partial charge in [-0.1, -0.05) is 12.1 Å². The van der Waals surface area contributed by atoms with Crippen molar-refractivity contribution < 1.29 is 14.3 Å². The highest BCUT2D eigenvalue weighted by Crippen LogP contribution is 2.33. The molecule has 1 saturated heterocycles. The number of primary amides is 1. The minimum atomic E-state index is -0.827. The third-order valence-electron chi connectivity index (χ3n) is 4.59. The minimum Gasteiger partial charge on any atom is -0.477 e. The number of anilines is 1. The fraction of sp³-hybridized carbons (Fsp3) is 0.353. The van der Waals surface area contributed by atoms with Crippen LogP contribution in [0.5, 0.6) is 5.75 Å². The molecule has 3 heterocycles. The summed E-state index contributed by atoms with van der Waals surface area (Å²) in [6, 6.07) is 9.38. The van der Waals surface area contributed by atoms with Crippen molar-refractivity contribution in [2.75, 3.05) is 31.1 Å². The first-order valence-corrected chi connectivity index (χ1v) is 8.18. The van der Waals surface area contributed by atoms with E-state index in [1.807, 2.05) is 29.1 Å². The summed E-state index contributed by atoms with van der Waals surface area (Å²) < 4.78 is 7.50. The second-order valence-corrected chi connectivity index (χ2v) is 6.31. The van der Waals surface area contributed by atoms with Crippen molar-refractivity contribution in [2.45, 2.75) is 12.1 Å². The highest BCUT2D eigenvalue weighted by atomic mass is 16.5.